The summed E-state index contributed by atoms with van der Waals surface area (Å²) in [6, 6.07) is 5.49. The zero-order chi connectivity index (χ0) is 14.2. The predicted molar refractivity (Wildman–Crippen MR) is 76.0 cm³/mol. The number of ether oxygens (including phenoxy) is 2. The highest BCUT2D eigenvalue weighted by Gasteiger charge is 2.31. The van der Waals surface area contributed by atoms with E-state index >= 15 is 0 Å². The van der Waals surface area contributed by atoms with Crippen LogP contribution in [-0.2, 0) is 4.79 Å². The molecule has 0 aliphatic carbocycles. The maximum atomic E-state index is 12.0. The van der Waals surface area contributed by atoms with Crippen LogP contribution in [0, 0.1) is 5.92 Å². The molecular formula is C15H20N2O3. The SMILES string of the molecule is CC1(C)Oc2ccc(NC(=O)CC3CCNC3)cc2O1. The van der Waals surface area contributed by atoms with Crippen molar-refractivity contribution >= 4 is 11.6 Å². The Labute approximate surface area is 118 Å². The molecule has 1 aromatic carbocycles. The van der Waals surface area contributed by atoms with Gasteiger partial charge in [-0.25, -0.2) is 0 Å². The molecule has 1 fully saturated rings. The van der Waals surface area contributed by atoms with E-state index in [2.05, 4.69) is 10.6 Å². The number of fused-ring (bicyclic) bond motifs is 1. The first-order valence-corrected chi connectivity index (χ1v) is 7.04. The van der Waals surface area contributed by atoms with E-state index in [0.29, 0.717) is 23.8 Å². The molecule has 0 spiro atoms. The maximum absolute atomic E-state index is 12.0. The van der Waals surface area contributed by atoms with Crippen LogP contribution in [0.4, 0.5) is 5.69 Å². The molecule has 0 saturated carbocycles. The van der Waals surface area contributed by atoms with Crippen molar-refractivity contribution in [3.8, 4) is 11.5 Å². The lowest BCUT2D eigenvalue weighted by atomic mass is 10.0. The summed E-state index contributed by atoms with van der Waals surface area (Å²) in [6.45, 7) is 5.66. The fourth-order valence-electron chi connectivity index (χ4n) is 2.66. The van der Waals surface area contributed by atoms with Gasteiger partial charge in [-0.1, -0.05) is 0 Å². The number of hydrogen-bond acceptors (Lipinski definition) is 4. The van der Waals surface area contributed by atoms with E-state index in [9.17, 15) is 4.79 Å². The van der Waals surface area contributed by atoms with Crippen molar-refractivity contribution in [1.82, 2.24) is 5.32 Å². The Balaban J connectivity index is 1.62. The van der Waals surface area contributed by atoms with Gasteiger partial charge in [0.05, 0.1) is 0 Å². The molecule has 5 heteroatoms. The number of nitrogens with one attached hydrogen (secondary N) is 2. The molecule has 108 valence electrons. The number of benzene rings is 1. The molecule has 1 unspecified atom stereocenters. The van der Waals surface area contributed by atoms with Gasteiger partial charge in [-0.3, -0.25) is 4.79 Å². The zero-order valence-corrected chi connectivity index (χ0v) is 11.9. The zero-order valence-electron chi connectivity index (χ0n) is 11.9. The summed E-state index contributed by atoms with van der Waals surface area (Å²) in [5.74, 6) is 1.25. The van der Waals surface area contributed by atoms with Crippen molar-refractivity contribution in [1.29, 1.82) is 0 Å². The van der Waals surface area contributed by atoms with Crippen LogP contribution in [0.1, 0.15) is 26.7 Å². The second-order valence-corrected chi connectivity index (χ2v) is 5.88. The topological polar surface area (TPSA) is 59.6 Å². The first kappa shape index (κ1) is 13.2. The minimum absolute atomic E-state index is 0.0526. The largest absolute Gasteiger partial charge is 0.449 e. The molecule has 1 aromatic rings. The molecular weight excluding hydrogens is 256 g/mol. The third kappa shape index (κ3) is 2.88. The molecule has 5 nitrogen and oxygen atoms in total. The molecule has 1 atom stereocenters. The first-order valence-electron chi connectivity index (χ1n) is 7.04. The summed E-state index contributed by atoms with van der Waals surface area (Å²) in [7, 11) is 0. The van der Waals surface area contributed by atoms with E-state index in [-0.39, 0.29) is 5.91 Å². The third-order valence-corrected chi connectivity index (χ3v) is 3.58. The van der Waals surface area contributed by atoms with Gasteiger partial charge in [0.15, 0.2) is 11.5 Å². The quantitative estimate of drug-likeness (QED) is 0.888. The molecule has 3 rings (SSSR count). The van der Waals surface area contributed by atoms with E-state index < -0.39 is 5.79 Å². The molecule has 0 bridgehead atoms. The van der Waals surface area contributed by atoms with Crippen molar-refractivity contribution in [3.05, 3.63) is 18.2 Å². The summed E-state index contributed by atoms with van der Waals surface area (Å²) in [4.78, 5) is 12.0. The molecule has 0 aromatic heterocycles. The van der Waals surface area contributed by atoms with E-state index in [1.807, 2.05) is 32.0 Å². The van der Waals surface area contributed by atoms with Crippen molar-refractivity contribution in [2.45, 2.75) is 32.5 Å². The predicted octanol–water partition coefficient (Wildman–Crippen LogP) is 2.13. The molecule has 1 amide bonds. The van der Waals surface area contributed by atoms with Gasteiger partial charge in [-0.15, -0.1) is 0 Å². The summed E-state index contributed by atoms with van der Waals surface area (Å²) in [5, 5.41) is 6.19. The van der Waals surface area contributed by atoms with Crippen LogP contribution in [0.2, 0.25) is 0 Å². The number of amides is 1. The molecule has 0 radical (unpaired) electrons. The average molecular weight is 276 g/mol. The van der Waals surface area contributed by atoms with Crippen molar-refractivity contribution in [3.63, 3.8) is 0 Å². The van der Waals surface area contributed by atoms with Gasteiger partial charge in [-0.2, -0.15) is 0 Å². The van der Waals surface area contributed by atoms with Crippen LogP contribution in [0.5, 0.6) is 11.5 Å². The number of carbonyl (C=O) groups is 1. The minimum Gasteiger partial charge on any atom is -0.449 e. The third-order valence-electron chi connectivity index (χ3n) is 3.58. The van der Waals surface area contributed by atoms with Crippen LogP contribution >= 0.6 is 0 Å². The Hall–Kier alpha value is -1.75. The Morgan fingerprint density at radius 1 is 1.40 bits per heavy atom. The standard InChI is InChI=1S/C15H20N2O3/c1-15(2)19-12-4-3-11(8-13(12)20-15)17-14(18)7-10-5-6-16-9-10/h3-4,8,10,16H,5-7,9H2,1-2H3,(H,17,18). The minimum atomic E-state index is -0.638. The van der Waals surface area contributed by atoms with Gasteiger partial charge in [0.1, 0.15) is 0 Å². The van der Waals surface area contributed by atoms with Gasteiger partial charge in [0, 0.05) is 32.0 Å². The average Bonchev–Trinajstić information content (AvgIpc) is 2.94. The van der Waals surface area contributed by atoms with E-state index in [4.69, 9.17) is 9.47 Å². The van der Waals surface area contributed by atoms with Gasteiger partial charge >= 0.3 is 0 Å². The molecule has 2 aliphatic rings. The summed E-state index contributed by atoms with van der Waals surface area (Å²) in [6.07, 6.45) is 1.63. The van der Waals surface area contributed by atoms with Crippen molar-refractivity contribution < 1.29 is 14.3 Å². The molecule has 1 saturated heterocycles. The normalized spacial score (nSPS) is 22.8. The summed E-state index contributed by atoms with van der Waals surface area (Å²) in [5.41, 5.74) is 0.751. The van der Waals surface area contributed by atoms with Crippen LogP contribution in [0.15, 0.2) is 18.2 Å². The number of hydrogen-bond donors (Lipinski definition) is 2. The van der Waals surface area contributed by atoms with E-state index in [1.165, 1.54) is 0 Å². The van der Waals surface area contributed by atoms with E-state index in [1.54, 1.807) is 0 Å². The van der Waals surface area contributed by atoms with Gasteiger partial charge in [0.25, 0.3) is 0 Å². The van der Waals surface area contributed by atoms with Gasteiger partial charge < -0.3 is 20.1 Å². The summed E-state index contributed by atoms with van der Waals surface area (Å²) >= 11 is 0. The fourth-order valence-corrected chi connectivity index (χ4v) is 2.66. The fraction of sp³-hybridized carbons (Fsp3) is 0.533. The first-order chi connectivity index (χ1) is 9.52. The van der Waals surface area contributed by atoms with Crippen LogP contribution in [0.25, 0.3) is 0 Å². The van der Waals surface area contributed by atoms with Crippen LogP contribution < -0.4 is 20.1 Å². The molecule has 2 heterocycles. The Bertz CT molecular complexity index is 522. The number of carbonyl (C=O) groups excluding carboxylic acids is 1. The van der Waals surface area contributed by atoms with Gasteiger partial charge in [0.2, 0.25) is 11.7 Å². The maximum Gasteiger partial charge on any atom is 0.246 e. The Kier molecular flexibility index (Phi) is 3.30. The second kappa shape index (κ2) is 4.98. The van der Waals surface area contributed by atoms with Crippen molar-refractivity contribution in [2.24, 2.45) is 5.92 Å². The lowest BCUT2D eigenvalue weighted by Crippen LogP contribution is -2.29. The van der Waals surface area contributed by atoms with Gasteiger partial charge in [-0.05, 0) is 37.6 Å². The highest BCUT2D eigenvalue weighted by molar-refractivity contribution is 5.91. The molecule has 2 N–H and O–H groups in total. The summed E-state index contributed by atoms with van der Waals surface area (Å²) < 4.78 is 11.3. The Morgan fingerprint density at radius 3 is 2.95 bits per heavy atom. The van der Waals surface area contributed by atoms with Crippen LogP contribution in [0.3, 0.4) is 0 Å². The molecule has 20 heavy (non-hydrogen) atoms. The number of rotatable bonds is 3. The van der Waals surface area contributed by atoms with Crippen molar-refractivity contribution in [2.75, 3.05) is 18.4 Å². The monoisotopic (exact) mass is 276 g/mol. The highest BCUT2D eigenvalue weighted by atomic mass is 16.7. The molecule has 2 aliphatic heterocycles. The number of anilines is 1. The smallest absolute Gasteiger partial charge is 0.246 e. The highest BCUT2D eigenvalue weighted by Crippen LogP contribution is 2.40. The lowest BCUT2D eigenvalue weighted by Gasteiger charge is -2.16. The van der Waals surface area contributed by atoms with Crippen LogP contribution in [-0.4, -0.2) is 24.8 Å². The lowest BCUT2D eigenvalue weighted by molar-refractivity contribution is -0.116. The second-order valence-electron chi connectivity index (χ2n) is 5.88. The Morgan fingerprint density at radius 2 is 2.20 bits per heavy atom. The van der Waals surface area contributed by atoms with E-state index in [0.717, 1.165) is 25.2 Å².